The summed E-state index contributed by atoms with van der Waals surface area (Å²) in [6.45, 7) is 10.3. The highest BCUT2D eigenvalue weighted by molar-refractivity contribution is 5.83. The summed E-state index contributed by atoms with van der Waals surface area (Å²) in [7, 11) is 0. The van der Waals surface area contributed by atoms with Crippen molar-refractivity contribution in [3.05, 3.63) is 24.3 Å². The van der Waals surface area contributed by atoms with Crippen molar-refractivity contribution in [3.63, 3.8) is 0 Å². The summed E-state index contributed by atoms with van der Waals surface area (Å²) in [5.41, 5.74) is 1.28. The van der Waals surface area contributed by atoms with E-state index in [1.54, 1.807) is 0 Å². The Labute approximate surface area is 99.6 Å². The average Bonchev–Trinajstić information content (AvgIpc) is 2.26. The Morgan fingerprint density at radius 2 is 2.31 bits per heavy atom. The lowest BCUT2D eigenvalue weighted by molar-refractivity contribution is -0.122. The van der Waals surface area contributed by atoms with Crippen LogP contribution in [0.1, 0.15) is 46.5 Å². The first-order valence-electron chi connectivity index (χ1n) is 6.36. The van der Waals surface area contributed by atoms with E-state index in [0.29, 0.717) is 24.0 Å². The van der Waals surface area contributed by atoms with Crippen LogP contribution in [-0.4, -0.2) is 5.78 Å². The molecule has 0 N–H and O–H groups in total. The molecule has 1 rings (SSSR count). The van der Waals surface area contributed by atoms with Crippen LogP contribution in [0.5, 0.6) is 0 Å². The van der Waals surface area contributed by atoms with Crippen molar-refractivity contribution in [1.82, 2.24) is 0 Å². The van der Waals surface area contributed by atoms with E-state index in [1.165, 1.54) is 5.57 Å². The standard InChI is InChI=1S/C15H24O/c1-5-6-7-15(16)14-10-13(11(2)3)9-8-12(14)4/h5,8,11,13-14H,1,6-7,9-10H2,2-4H3/t13-,14?/m0/s1. The van der Waals surface area contributed by atoms with Crippen LogP contribution in [0, 0.1) is 17.8 Å². The first-order valence-corrected chi connectivity index (χ1v) is 6.36. The number of hydrogen-bond acceptors (Lipinski definition) is 1. The Bertz CT molecular complexity index is 286. The lowest BCUT2D eigenvalue weighted by Crippen LogP contribution is -2.25. The van der Waals surface area contributed by atoms with Crippen molar-refractivity contribution in [3.8, 4) is 0 Å². The van der Waals surface area contributed by atoms with Gasteiger partial charge >= 0.3 is 0 Å². The van der Waals surface area contributed by atoms with Crippen LogP contribution in [0.25, 0.3) is 0 Å². The zero-order valence-electron chi connectivity index (χ0n) is 10.8. The highest BCUT2D eigenvalue weighted by Gasteiger charge is 2.28. The number of carbonyl (C=O) groups excluding carboxylic acids is 1. The van der Waals surface area contributed by atoms with Gasteiger partial charge in [-0.1, -0.05) is 31.6 Å². The Morgan fingerprint density at radius 3 is 2.88 bits per heavy atom. The molecular formula is C15H24O. The van der Waals surface area contributed by atoms with Gasteiger partial charge in [-0.25, -0.2) is 0 Å². The number of ketones is 1. The summed E-state index contributed by atoms with van der Waals surface area (Å²) in [5.74, 6) is 1.94. The van der Waals surface area contributed by atoms with Gasteiger partial charge in [-0.15, -0.1) is 6.58 Å². The second kappa shape index (κ2) is 6.03. The Balaban J connectivity index is 2.64. The minimum absolute atomic E-state index is 0.182. The number of allylic oxidation sites excluding steroid dienone is 3. The van der Waals surface area contributed by atoms with Gasteiger partial charge in [-0.2, -0.15) is 0 Å². The molecule has 0 aromatic carbocycles. The molecule has 0 saturated carbocycles. The lowest BCUT2D eigenvalue weighted by Gasteiger charge is -2.30. The molecule has 0 bridgehead atoms. The molecule has 90 valence electrons. The summed E-state index contributed by atoms with van der Waals surface area (Å²) in [4.78, 5) is 12.0. The third-order valence-corrected chi connectivity index (χ3v) is 3.76. The SMILES string of the molecule is C=CCCC(=O)C1C[C@@H](C(C)C)CC=C1C. The summed E-state index contributed by atoms with van der Waals surface area (Å²) < 4.78 is 0. The smallest absolute Gasteiger partial charge is 0.140 e. The van der Waals surface area contributed by atoms with Gasteiger partial charge in [0.25, 0.3) is 0 Å². The summed E-state index contributed by atoms with van der Waals surface area (Å²) in [5, 5.41) is 0. The number of Topliss-reactive ketones (excluding diaryl/α,β-unsaturated/α-hetero) is 1. The van der Waals surface area contributed by atoms with Crippen LogP contribution in [-0.2, 0) is 4.79 Å². The van der Waals surface area contributed by atoms with Gasteiger partial charge in [-0.3, -0.25) is 4.79 Å². The molecule has 0 saturated heterocycles. The molecule has 1 aliphatic carbocycles. The largest absolute Gasteiger partial charge is 0.299 e. The van der Waals surface area contributed by atoms with Gasteiger partial charge < -0.3 is 0 Å². The van der Waals surface area contributed by atoms with E-state index >= 15 is 0 Å². The molecule has 0 spiro atoms. The van der Waals surface area contributed by atoms with Crippen LogP contribution >= 0.6 is 0 Å². The van der Waals surface area contributed by atoms with Crippen molar-refractivity contribution in [2.24, 2.45) is 17.8 Å². The zero-order valence-corrected chi connectivity index (χ0v) is 10.8. The van der Waals surface area contributed by atoms with Gasteiger partial charge in [0.2, 0.25) is 0 Å². The second-order valence-corrected chi connectivity index (χ2v) is 5.27. The molecule has 1 nitrogen and oxygen atoms in total. The topological polar surface area (TPSA) is 17.1 Å². The maximum Gasteiger partial charge on any atom is 0.140 e. The van der Waals surface area contributed by atoms with Gasteiger partial charge in [0, 0.05) is 12.3 Å². The van der Waals surface area contributed by atoms with Gasteiger partial charge in [-0.05, 0) is 38.0 Å². The minimum atomic E-state index is 0.182. The Morgan fingerprint density at radius 1 is 1.62 bits per heavy atom. The average molecular weight is 220 g/mol. The molecule has 1 heteroatoms. The van der Waals surface area contributed by atoms with E-state index in [9.17, 15) is 4.79 Å². The quantitative estimate of drug-likeness (QED) is 0.636. The van der Waals surface area contributed by atoms with Crippen molar-refractivity contribution in [2.45, 2.75) is 46.5 Å². The highest BCUT2D eigenvalue weighted by atomic mass is 16.1. The predicted octanol–water partition coefficient (Wildman–Crippen LogP) is 4.15. The number of rotatable bonds is 5. The normalized spacial score (nSPS) is 25.4. The van der Waals surface area contributed by atoms with Crippen molar-refractivity contribution < 1.29 is 4.79 Å². The van der Waals surface area contributed by atoms with E-state index in [4.69, 9.17) is 0 Å². The minimum Gasteiger partial charge on any atom is -0.299 e. The van der Waals surface area contributed by atoms with Crippen LogP contribution in [0.3, 0.4) is 0 Å². The Kier molecular flexibility index (Phi) is 4.98. The van der Waals surface area contributed by atoms with E-state index in [2.05, 4.69) is 33.4 Å². The highest BCUT2D eigenvalue weighted by Crippen LogP contribution is 2.34. The molecule has 0 aromatic rings. The number of hydrogen-bond donors (Lipinski definition) is 0. The molecule has 16 heavy (non-hydrogen) atoms. The first kappa shape index (κ1) is 13.2. The predicted molar refractivity (Wildman–Crippen MR) is 69.2 cm³/mol. The summed E-state index contributed by atoms with van der Waals surface area (Å²) in [6.07, 6.45) is 7.77. The fraction of sp³-hybridized carbons (Fsp3) is 0.667. The third kappa shape index (κ3) is 3.33. The number of carbonyl (C=O) groups is 1. The molecular weight excluding hydrogens is 196 g/mol. The van der Waals surface area contributed by atoms with Crippen molar-refractivity contribution in [1.29, 1.82) is 0 Å². The summed E-state index contributed by atoms with van der Waals surface area (Å²) in [6, 6.07) is 0. The molecule has 0 aromatic heterocycles. The lowest BCUT2D eigenvalue weighted by atomic mass is 9.74. The zero-order chi connectivity index (χ0) is 12.1. The molecule has 0 heterocycles. The molecule has 1 unspecified atom stereocenters. The van der Waals surface area contributed by atoms with Crippen molar-refractivity contribution in [2.75, 3.05) is 0 Å². The Hall–Kier alpha value is -0.850. The van der Waals surface area contributed by atoms with E-state index in [-0.39, 0.29) is 5.92 Å². The maximum atomic E-state index is 12.0. The first-order chi connectivity index (χ1) is 7.56. The van der Waals surface area contributed by atoms with E-state index in [0.717, 1.165) is 19.3 Å². The second-order valence-electron chi connectivity index (χ2n) is 5.27. The molecule has 0 fully saturated rings. The molecule has 1 aliphatic rings. The molecule has 0 aliphatic heterocycles. The van der Waals surface area contributed by atoms with Crippen LogP contribution < -0.4 is 0 Å². The third-order valence-electron chi connectivity index (χ3n) is 3.76. The van der Waals surface area contributed by atoms with Crippen molar-refractivity contribution >= 4 is 5.78 Å². The van der Waals surface area contributed by atoms with Crippen LogP contribution in [0.2, 0.25) is 0 Å². The maximum absolute atomic E-state index is 12.0. The van der Waals surface area contributed by atoms with Crippen LogP contribution in [0.4, 0.5) is 0 Å². The molecule has 2 atom stereocenters. The summed E-state index contributed by atoms with van der Waals surface area (Å²) >= 11 is 0. The fourth-order valence-electron chi connectivity index (χ4n) is 2.41. The van der Waals surface area contributed by atoms with Gasteiger partial charge in [0.1, 0.15) is 5.78 Å². The van der Waals surface area contributed by atoms with Gasteiger partial charge in [0.05, 0.1) is 0 Å². The van der Waals surface area contributed by atoms with E-state index < -0.39 is 0 Å². The molecule has 0 amide bonds. The monoisotopic (exact) mass is 220 g/mol. The molecule has 0 radical (unpaired) electrons. The fourth-order valence-corrected chi connectivity index (χ4v) is 2.41. The van der Waals surface area contributed by atoms with Crippen LogP contribution in [0.15, 0.2) is 24.3 Å². The van der Waals surface area contributed by atoms with E-state index in [1.807, 2.05) is 6.08 Å². The van der Waals surface area contributed by atoms with Gasteiger partial charge in [0.15, 0.2) is 0 Å².